The van der Waals surface area contributed by atoms with Gasteiger partial charge in [-0.1, -0.05) is 386 Å². The molecular formula is C85H148O5. The van der Waals surface area contributed by atoms with Crippen molar-refractivity contribution in [3.63, 3.8) is 0 Å². The fourth-order valence-electron chi connectivity index (χ4n) is 11.4. The lowest BCUT2D eigenvalue weighted by Gasteiger charge is -2.15. The summed E-state index contributed by atoms with van der Waals surface area (Å²) in [6.07, 6.45) is 117. The van der Waals surface area contributed by atoms with Gasteiger partial charge >= 0.3 is 11.9 Å². The molecule has 0 rings (SSSR count). The molecule has 0 heterocycles. The quantitative estimate of drug-likeness (QED) is 0.0373. The van der Waals surface area contributed by atoms with Gasteiger partial charge in [-0.05, 0) is 109 Å². The Hall–Kier alpha value is -3.70. The van der Waals surface area contributed by atoms with Crippen molar-refractivity contribution in [1.29, 1.82) is 0 Å². The van der Waals surface area contributed by atoms with E-state index in [0.717, 1.165) is 103 Å². The molecule has 0 bridgehead atoms. The first-order valence-electron chi connectivity index (χ1n) is 39.1. The largest absolute Gasteiger partial charge is 0.462 e. The maximum Gasteiger partial charge on any atom is 0.306 e. The van der Waals surface area contributed by atoms with Gasteiger partial charge in [0.25, 0.3) is 0 Å². The highest BCUT2D eigenvalue weighted by molar-refractivity contribution is 5.70. The van der Waals surface area contributed by atoms with Crippen LogP contribution < -0.4 is 0 Å². The standard InChI is InChI=1S/C85H148O5/c1-3-5-7-9-11-13-15-17-19-21-23-25-27-29-31-33-35-37-39-41-42-44-45-47-49-51-53-55-57-59-61-63-65-67-69-71-73-75-77-79-84(87)89-82-83(81-86)90-85(88)80-78-76-74-72-70-68-66-64-62-60-58-56-54-52-50-48-46-43-40-38-36-34-32-30-28-26-24-22-20-18-16-14-12-10-8-6-4-2/h6,8,12,14,18,20-21,23-24,26,30,32,36,38,43,46,50,52,56,58,83,86H,3-5,7,9-11,13,15-17,19,22,25,27-29,31,33-35,37,39-42,44-45,47-49,51,53-55,57,59-82H2,1-2H3/b8-6-,14-12-,20-18-,23-21-,26-24-,32-30-,38-36-,46-43-,52-50-,58-56-. The highest BCUT2D eigenvalue weighted by Crippen LogP contribution is 2.19. The van der Waals surface area contributed by atoms with Crippen molar-refractivity contribution in [3.8, 4) is 0 Å². The Morgan fingerprint density at radius 1 is 0.267 bits per heavy atom. The van der Waals surface area contributed by atoms with Gasteiger partial charge in [-0.25, -0.2) is 0 Å². The minimum absolute atomic E-state index is 0.0702. The number of unbranched alkanes of at least 4 members (excludes halogenated alkanes) is 44. The number of aliphatic hydroxyl groups excluding tert-OH is 1. The summed E-state index contributed by atoms with van der Waals surface area (Å²) < 4.78 is 10.8. The van der Waals surface area contributed by atoms with Crippen LogP contribution in [0.15, 0.2) is 122 Å². The monoisotopic (exact) mass is 1250 g/mol. The van der Waals surface area contributed by atoms with Crippen LogP contribution in [-0.4, -0.2) is 36.4 Å². The third-order valence-electron chi connectivity index (χ3n) is 17.2. The van der Waals surface area contributed by atoms with E-state index in [1.54, 1.807) is 0 Å². The zero-order valence-corrected chi connectivity index (χ0v) is 59.6. The summed E-state index contributed by atoms with van der Waals surface area (Å²) in [4.78, 5) is 24.7. The van der Waals surface area contributed by atoms with Crippen molar-refractivity contribution < 1.29 is 24.2 Å². The zero-order valence-electron chi connectivity index (χ0n) is 59.6. The van der Waals surface area contributed by atoms with Crippen LogP contribution in [0, 0.1) is 0 Å². The Labute approximate surface area is 560 Å². The number of carbonyl (C=O) groups excluding carboxylic acids is 2. The molecule has 0 aliphatic carbocycles. The second-order valence-corrected chi connectivity index (χ2v) is 26.1. The van der Waals surface area contributed by atoms with Crippen molar-refractivity contribution >= 4 is 11.9 Å². The maximum atomic E-state index is 12.4. The molecule has 0 aliphatic rings. The van der Waals surface area contributed by atoms with Crippen LogP contribution in [0.2, 0.25) is 0 Å². The number of hydrogen-bond acceptors (Lipinski definition) is 5. The minimum Gasteiger partial charge on any atom is -0.462 e. The molecule has 518 valence electrons. The molecule has 0 amide bonds. The van der Waals surface area contributed by atoms with Crippen LogP contribution in [0.3, 0.4) is 0 Å². The molecule has 0 fully saturated rings. The second-order valence-electron chi connectivity index (χ2n) is 26.1. The molecule has 1 atom stereocenters. The average molecular weight is 1250 g/mol. The summed E-state index contributed by atoms with van der Waals surface area (Å²) in [5, 5.41) is 9.72. The molecule has 90 heavy (non-hydrogen) atoms. The van der Waals surface area contributed by atoms with Gasteiger partial charge in [0.05, 0.1) is 6.61 Å². The zero-order chi connectivity index (χ0) is 64.7. The predicted molar refractivity (Wildman–Crippen MR) is 398 cm³/mol. The predicted octanol–water partition coefficient (Wildman–Crippen LogP) is 27.7. The molecule has 0 saturated carbocycles. The summed E-state index contributed by atoms with van der Waals surface area (Å²) in [6, 6.07) is 0. The number of ether oxygens (including phenoxy) is 2. The van der Waals surface area contributed by atoms with E-state index in [1.807, 2.05) is 0 Å². The van der Waals surface area contributed by atoms with E-state index in [9.17, 15) is 14.7 Å². The fraction of sp³-hybridized carbons (Fsp3) is 0.741. The van der Waals surface area contributed by atoms with E-state index >= 15 is 0 Å². The first-order chi connectivity index (χ1) is 44.6. The van der Waals surface area contributed by atoms with E-state index < -0.39 is 6.10 Å². The molecule has 0 aromatic rings. The van der Waals surface area contributed by atoms with Gasteiger partial charge in [-0.15, -0.1) is 0 Å². The first-order valence-corrected chi connectivity index (χ1v) is 39.1. The summed E-state index contributed by atoms with van der Waals surface area (Å²) in [7, 11) is 0. The lowest BCUT2D eigenvalue weighted by Crippen LogP contribution is -2.28. The maximum absolute atomic E-state index is 12.4. The van der Waals surface area contributed by atoms with Crippen molar-refractivity contribution in [1.82, 2.24) is 0 Å². The number of rotatable bonds is 72. The number of allylic oxidation sites excluding steroid dienone is 20. The van der Waals surface area contributed by atoms with Crippen LogP contribution in [-0.2, 0) is 19.1 Å². The number of aliphatic hydroxyl groups is 1. The van der Waals surface area contributed by atoms with Crippen LogP contribution in [0.4, 0.5) is 0 Å². The van der Waals surface area contributed by atoms with Gasteiger partial charge in [0.1, 0.15) is 6.61 Å². The van der Waals surface area contributed by atoms with Crippen molar-refractivity contribution in [2.24, 2.45) is 0 Å². The third kappa shape index (κ3) is 76.8. The number of hydrogen-bond donors (Lipinski definition) is 1. The SMILES string of the molecule is CC/C=C\C/C=C\C/C=C\C/C=C\C/C=C\C/C=C\C/C=C\C/C=C\C/C=C\CCCCCCCCCCCC(=O)OC(CO)COC(=O)CCCCCCCCCCCCCCCCCCCCCCCCCCCCC/C=C\CCCCCCCCCC. The molecule has 5 heteroatoms. The Morgan fingerprint density at radius 3 is 0.733 bits per heavy atom. The molecule has 0 aromatic heterocycles. The lowest BCUT2D eigenvalue weighted by atomic mass is 10.0. The molecule has 0 radical (unpaired) electrons. The molecule has 0 spiro atoms. The minimum atomic E-state index is -0.783. The Morgan fingerprint density at radius 2 is 0.478 bits per heavy atom. The van der Waals surface area contributed by atoms with E-state index in [1.165, 1.54) is 257 Å². The van der Waals surface area contributed by atoms with Crippen molar-refractivity contribution in [2.45, 2.75) is 392 Å². The van der Waals surface area contributed by atoms with Crippen LogP contribution in [0.25, 0.3) is 0 Å². The highest BCUT2D eigenvalue weighted by atomic mass is 16.6. The molecule has 1 N–H and O–H groups in total. The van der Waals surface area contributed by atoms with Gasteiger partial charge in [0.15, 0.2) is 6.10 Å². The summed E-state index contributed by atoms with van der Waals surface area (Å²) in [5.74, 6) is -0.587. The smallest absolute Gasteiger partial charge is 0.306 e. The molecule has 0 aliphatic heterocycles. The third-order valence-corrected chi connectivity index (χ3v) is 17.2. The molecule has 5 nitrogen and oxygen atoms in total. The first kappa shape index (κ1) is 86.3. The molecule has 1 unspecified atom stereocenters. The fourth-order valence-corrected chi connectivity index (χ4v) is 11.4. The van der Waals surface area contributed by atoms with Gasteiger partial charge < -0.3 is 14.6 Å². The van der Waals surface area contributed by atoms with Gasteiger partial charge in [0, 0.05) is 12.8 Å². The van der Waals surface area contributed by atoms with E-state index in [0.29, 0.717) is 12.8 Å². The van der Waals surface area contributed by atoms with Gasteiger partial charge in [-0.3, -0.25) is 9.59 Å². The van der Waals surface area contributed by atoms with Gasteiger partial charge in [-0.2, -0.15) is 0 Å². The Kier molecular flexibility index (Phi) is 76.3. The van der Waals surface area contributed by atoms with Crippen LogP contribution in [0.5, 0.6) is 0 Å². The normalized spacial score (nSPS) is 12.9. The topological polar surface area (TPSA) is 72.8 Å². The number of esters is 2. The van der Waals surface area contributed by atoms with E-state index in [2.05, 4.69) is 135 Å². The van der Waals surface area contributed by atoms with E-state index in [4.69, 9.17) is 9.47 Å². The van der Waals surface area contributed by atoms with Crippen molar-refractivity contribution in [2.75, 3.05) is 13.2 Å². The second kappa shape index (κ2) is 79.5. The highest BCUT2D eigenvalue weighted by Gasteiger charge is 2.16. The van der Waals surface area contributed by atoms with E-state index in [-0.39, 0.29) is 25.2 Å². The Bertz CT molecular complexity index is 1750. The summed E-state index contributed by atoms with van der Waals surface area (Å²) in [5.41, 5.74) is 0. The summed E-state index contributed by atoms with van der Waals surface area (Å²) in [6.45, 7) is 4.06. The lowest BCUT2D eigenvalue weighted by molar-refractivity contribution is -0.161. The van der Waals surface area contributed by atoms with Crippen LogP contribution >= 0.6 is 0 Å². The Balaban J connectivity index is 3.46. The van der Waals surface area contributed by atoms with Gasteiger partial charge in [0.2, 0.25) is 0 Å². The average Bonchev–Trinajstić information content (AvgIpc) is 3.62. The van der Waals surface area contributed by atoms with Crippen molar-refractivity contribution in [3.05, 3.63) is 122 Å². The summed E-state index contributed by atoms with van der Waals surface area (Å²) >= 11 is 0. The molecule has 0 saturated heterocycles. The molecule has 0 aromatic carbocycles. The number of carbonyl (C=O) groups is 2. The van der Waals surface area contributed by atoms with Crippen LogP contribution in [0.1, 0.15) is 386 Å². The molecular weight excluding hydrogens is 1100 g/mol.